The Morgan fingerprint density at radius 2 is 1.91 bits per heavy atom. The molecule has 5 atom stereocenters. The van der Waals surface area contributed by atoms with Gasteiger partial charge in [0.15, 0.2) is 0 Å². The number of fused-ring (bicyclic) bond motifs is 2. The van der Waals surface area contributed by atoms with Crippen molar-refractivity contribution >= 4 is 29.5 Å². The maximum absolute atomic E-state index is 14.0. The van der Waals surface area contributed by atoms with Crippen molar-refractivity contribution in [2.24, 2.45) is 11.8 Å². The van der Waals surface area contributed by atoms with Crippen LogP contribution in [0.4, 0.5) is 0 Å². The number of amides is 2. The fraction of sp³-hybridized carbons (Fsp3) is 0.696. The lowest BCUT2D eigenvalue weighted by molar-refractivity contribution is -0.151. The van der Waals surface area contributed by atoms with Crippen LogP contribution in [0, 0.1) is 11.8 Å². The predicted octanol–water partition coefficient (Wildman–Crippen LogP) is -0.490. The number of carbonyl (C=O) groups is 3. The topological polar surface area (TPSA) is 99.6 Å². The lowest BCUT2D eigenvalue weighted by atomic mass is 9.78. The van der Waals surface area contributed by atoms with Crippen molar-refractivity contribution in [3.63, 3.8) is 0 Å². The SMILES string of the molecule is O=C1OCC=C[C@H]2S[C@]34C=CCN(CCN5CCOCC5)C(=O)C3N(CCCO)C(=O)[C@@H]4[C@@H]12. The molecule has 33 heavy (non-hydrogen) atoms. The summed E-state index contributed by atoms with van der Waals surface area (Å²) in [6.45, 7) is 5.34. The molecular formula is C23H31N3O6S. The summed E-state index contributed by atoms with van der Waals surface area (Å²) >= 11 is 1.55. The van der Waals surface area contributed by atoms with Gasteiger partial charge in [0.25, 0.3) is 0 Å². The summed E-state index contributed by atoms with van der Waals surface area (Å²) in [5.74, 6) is -1.90. The van der Waals surface area contributed by atoms with E-state index in [1.807, 2.05) is 29.2 Å². The molecule has 0 aromatic rings. The smallest absolute Gasteiger partial charge is 0.311 e. The maximum Gasteiger partial charge on any atom is 0.311 e. The molecule has 0 radical (unpaired) electrons. The number of cyclic esters (lactones) is 1. The molecule has 0 aromatic carbocycles. The Morgan fingerprint density at radius 3 is 2.70 bits per heavy atom. The molecule has 5 heterocycles. The highest BCUT2D eigenvalue weighted by molar-refractivity contribution is 8.02. The largest absolute Gasteiger partial charge is 0.461 e. The van der Waals surface area contributed by atoms with Crippen LogP contribution >= 0.6 is 11.8 Å². The molecule has 2 amide bonds. The van der Waals surface area contributed by atoms with Crippen LogP contribution in [0.1, 0.15) is 6.42 Å². The molecule has 9 nitrogen and oxygen atoms in total. The molecule has 5 rings (SSSR count). The van der Waals surface area contributed by atoms with E-state index < -0.39 is 22.6 Å². The maximum atomic E-state index is 14.0. The summed E-state index contributed by atoms with van der Waals surface area (Å²) in [5, 5.41) is 9.23. The van der Waals surface area contributed by atoms with Crippen molar-refractivity contribution < 1.29 is 29.0 Å². The summed E-state index contributed by atoms with van der Waals surface area (Å²) in [7, 11) is 0. The van der Waals surface area contributed by atoms with Crippen molar-refractivity contribution in [3.05, 3.63) is 24.3 Å². The van der Waals surface area contributed by atoms with Crippen molar-refractivity contribution in [1.82, 2.24) is 14.7 Å². The molecular weight excluding hydrogens is 446 g/mol. The van der Waals surface area contributed by atoms with E-state index in [4.69, 9.17) is 9.47 Å². The van der Waals surface area contributed by atoms with E-state index in [1.165, 1.54) is 0 Å². The first kappa shape index (κ1) is 22.9. The highest BCUT2D eigenvalue weighted by atomic mass is 32.2. The molecule has 0 aromatic heterocycles. The van der Waals surface area contributed by atoms with Gasteiger partial charge in [-0.25, -0.2) is 0 Å². The number of ether oxygens (including phenoxy) is 2. The van der Waals surface area contributed by atoms with Gasteiger partial charge < -0.3 is 24.4 Å². The first-order valence-corrected chi connectivity index (χ1v) is 12.6. The van der Waals surface area contributed by atoms with Crippen LogP contribution in [0.15, 0.2) is 24.3 Å². The Kier molecular flexibility index (Phi) is 6.52. The van der Waals surface area contributed by atoms with Gasteiger partial charge in [0.2, 0.25) is 11.8 Å². The number of morpholine rings is 1. The van der Waals surface area contributed by atoms with Crippen LogP contribution in [0.3, 0.4) is 0 Å². The number of thioether (sulfide) groups is 1. The van der Waals surface area contributed by atoms with Crippen molar-refractivity contribution in [2.45, 2.75) is 22.5 Å². The molecule has 1 N–H and O–H groups in total. The van der Waals surface area contributed by atoms with Gasteiger partial charge in [0.05, 0.1) is 29.8 Å². The zero-order chi connectivity index (χ0) is 23.0. The number of rotatable bonds is 6. The summed E-state index contributed by atoms with van der Waals surface area (Å²) in [6.07, 6.45) is 8.16. The zero-order valence-corrected chi connectivity index (χ0v) is 19.5. The lowest BCUT2D eigenvalue weighted by Gasteiger charge is -2.36. The third-order valence-electron chi connectivity index (χ3n) is 7.34. The molecule has 5 aliphatic heterocycles. The van der Waals surface area contributed by atoms with Gasteiger partial charge in [-0.2, -0.15) is 0 Å². The second kappa shape index (κ2) is 9.40. The second-order valence-corrected chi connectivity index (χ2v) is 10.6. The van der Waals surface area contributed by atoms with E-state index >= 15 is 0 Å². The van der Waals surface area contributed by atoms with Gasteiger partial charge in [-0.1, -0.05) is 24.3 Å². The fourth-order valence-corrected chi connectivity index (χ4v) is 7.79. The molecule has 3 fully saturated rings. The number of hydrogen-bond acceptors (Lipinski definition) is 8. The van der Waals surface area contributed by atoms with Crippen LogP contribution in [0.5, 0.6) is 0 Å². The van der Waals surface area contributed by atoms with E-state index in [2.05, 4.69) is 4.90 Å². The molecule has 0 saturated carbocycles. The molecule has 3 saturated heterocycles. The monoisotopic (exact) mass is 477 g/mol. The van der Waals surface area contributed by atoms with E-state index in [0.717, 1.165) is 19.6 Å². The van der Waals surface area contributed by atoms with Gasteiger partial charge in [0.1, 0.15) is 12.6 Å². The zero-order valence-electron chi connectivity index (χ0n) is 18.6. The molecule has 180 valence electrons. The average Bonchev–Trinajstić information content (AvgIpc) is 3.12. The number of likely N-dealkylation sites (tertiary alicyclic amines) is 1. The molecule has 5 aliphatic rings. The highest BCUT2D eigenvalue weighted by Crippen LogP contribution is 2.60. The Morgan fingerprint density at radius 1 is 1.09 bits per heavy atom. The molecule has 1 unspecified atom stereocenters. The first-order chi connectivity index (χ1) is 16.1. The Hall–Kier alpha value is -1.88. The Labute approximate surface area is 197 Å². The number of hydrogen-bond donors (Lipinski definition) is 1. The Bertz CT molecular complexity index is 859. The number of esters is 1. The summed E-state index contributed by atoms with van der Waals surface area (Å²) < 4.78 is 9.97. The molecule has 0 bridgehead atoms. The van der Waals surface area contributed by atoms with Gasteiger partial charge in [-0.3, -0.25) is 19.3 Å². The quantitative estimate of drug-likeness (QED) is 0.404. The summed E-state index contributed by atoms with van der Waals surface area (Å²) in [5.41, 5.74) is 0. The lowest BCUT2D eigenvalue weighted by Crippen LogP contribution is -2.54. The van der Waals surface area contributed by atoms with Crippen LogP contribution in [-0.4, -0.2) is 119 Å². The number of aliphatic hydroxyl groups excluding tert-OH is 1. The first-order valence-electron chi connectivity index (χ1n) is 11.8. The van der Waals surface area contributed by atoms with Crippen molar-refractivity contribution in [3.8, 4) is 0 Å². The highest BCUT2D eigenvalue weighted by Gasteiger charge is 2.70. The molecule has 10 heteroatoms. The predicted molar refractivity (Wildman–Crippen MR) is 121 cm³/mol. The minimum Gasteiger partial charge on any atom is -0.461 e. The van der Waals surface area contributed by atoms with E-state index in [-0.39, 0.29) is 42.8 Å². The minimum atomic E-state index is -0.812. The third kappa shape index (κ3) is 3.90. The minimum absolute atomic E-state index is 0.0666. The summed E-state index contributed by atoms with van der Waals surface area (Å²) in [6, 6.07) is -0.692. The standard InChI is InChI=1S/C23H31N3O6S/c27-12-3-7-26-19-21(29)25(9-8-24-10-14-31-15-11-24)6-2-5-23(19)18(20(26)28)17-16(33-23)4-1-13-32-22(17)30/h1-2,4-5,16-19,27H,3,6-15H2/t16-,17+,18+,19?,23+/m1/s1. The van der Waals surface area contributed by atoms with Crippen molar-refractivity contribution in [2.75, 3.05) is 65.7 Å². The van der Waals surface area contributed by atoms with Crippen LogP contribution in [0.2, 0.25) is 0 Å². The summed E-state index contributed by atoms with van der Waals surface area (Å²) in [4.78, 5) is 46.3. The average molecular weight is 478 g/mol. The normalized spacial score (nSPS) is 36.3. The van der Waals surface area contributed by atoms with Crippen LogP contribution in [-0.2, 0) is 23.9 Å². The van der Waals surface area contributed by atoms with Gasteiger partial charge >= 0.3 is 5.97 Å². The third-order valence-corrected chi connectivity index (χ3v) is 9.09. The van der Waals surface area contributed by atoms with Gasteiger partial charge in [-0.15, -0.1) is 11.8 Å². The van der Waals surface area contributed by atoms with Gasteiger partial charge in [-0.05, 0) is 6.42 Å². The number of aliphatic hydroxyl groups is 1. The van der Waals surface area contributed by atoms with Crippen molar-refractivity contribution in [1.29, 1.82) is 0 Å². The molecule has 1 spiro atoms. The fourth-order valence-electron chi connectivity index (χ4n) is 5.78. The Balaban J connectivity index is 1.45. The number of carbonyl (C=O) groups excluding carboxylic acids is 3. The van der Waals surface area contributed by atoms with E-state index in [1.54, 1.807) is 16.7 Å². The van der Waals surface area contributed by atoms with E-state index in [9.17, 15) is 19.5 Å². The van der Waals surface area contributed by atoms with E-state index in [0.29, 0.717) is 32.7 Å². The molecule has 0 aliphatic carbocycles. The second-order valence-electron chi connectivity index (χ2n) is 9.15. The van der Waals surface area contributed by atoms with Crippen LogP contribution < -0.4 is 0 Å². The number of nitrogens with zero attached hydrogens (tertiary/aromatic N) is 3. The van der Waals surface area contributed by atoms with Gasteiger partial charge in [0, 0.05) is 51.1 Å². The van der Waals surface area contributed by atoms with Crippen LogP contribution in [0.25, 0.3) is 0 Å².